The quantitative estimate of drug-likeness (QED) is 0.865. The Balaban J connectivity index is 1.98. The molecule has 1 aromatic carbocycles. The Kier molecular flexibility index (Phi) is 5.50. The minimum absolute atomic E-state index is 0.0294. The Bertz CT molecular complexity index is 681. The van der Waals surface area contributed by atoms with Gasteiger partial charge in [-0.15, -0.1) is 0 Å². The summed E-state index contributed by atoms with van der Waals surface area (Å²) < 4.78 is 27.8. The molecular formula is C19H24O6. The van der Waals surface area contributed by atoms with Crippen LogP contribution in [0.4, 0.5) is 0 Å². The topological polar surface area (TPSA) is 70.3 Å². The minimum Gasteiger partial charge on any atom is -0.496 e. The molecule has 6 nitrogen and oxygen atoms in total. The summed E-state index contributed by atoms with van der Waals surface area (Å²) in [6.07, 6.45) is 2.17. The van der Waals surface area contributed by atoms with Gasteiger partial charge in [0.1, 0.15) is 17.6 Å². The van der Waals surface area contributed by atoms with Crippen LogP contribution in [0.25, 0.3) is 0 Å². The van der Waals surface area contributed by atoms with E-state index in [1.165, 1.54) is 0 Å². The number of rotatable bonds is 6. The number of benzene rings is 1. The summed E-state index contributed by atoms with van der Waals surface area (Å²) in [7, 11) is 4.82. The molecule has 1 saturated heterocycles. The normalized spacial score (nSPS) is 23.3. The smallest absolute Gasteiger partial charge is 0.164 e. The average Bonchev–Trinajstić information content (AvgIpc) is 3.21. The van der Waals surface area contributed by atoms with E-state index in [1.807, 2.05) is 24.3 Å². The zero-order valence-corrected chi connectivity index (χ0v) is 14.7. The van der Waals surface area contributed by atoms with Crippen LogP contribution in [0.1, 0.15) is 29.8 Å². The van der Waals surface area contributed by atoms with Crippen molar-refractivity contribution in [1.29, 1.82) is 0 Å². The molecule has 1 aliphatic heterocycles. The Morgan fingerprint density at radius 3 is 2.40 bits per heavy atom. The van der Waals surface area contributed by atoms with Gasteiger partial charge in [0.05, 0.1) is 34.2 Å². The van der Waals surface area contributed by atoms with E-state index in [4.69, 9.17) is 23.4 Å². The highest BCUT2D eigenvalue weighted by Gasteiger charge is 2.36. The Labute approximate surface area is 147 Å². The van der Waals surface area contributed by atoms with Crippen LogP contribution in [-0.2, 0) is 4.74 Å². The SMILES string of the molecule is COc1cc(OC)c([C@@H]2C[C@H](c3ccco3)OC[C@H]2CO)cc1OC. The highest BCUT2D eigenvalue weighted by molar-refractivity contribution is 5.52. The maximum Gasteiger partial charge on any atom is 0.164 e. The van der Waals surface area contributed by atoms with E-state index in [0.29, 0.717) is 30.3 Å². The molecule has 2 aromatic rings. The molecule has 3 atom stereocenters. The summed E-state index contributed by atoms with van der Waals surface area (Å²) in [5.74, 6) is 2.76. The molecule has 0 amide bonds. The summed E-state index contributed by atoms with van der Waals surface area (Å²) in [5, 5.41) is 9.83. The van der Waals surface area contributed by atoms with Gasteiger partial charge < -0.3 is 28.5 Å². The largest absolute Gasteiger partial charge is 0.496 e. The second kappa shape index (κ2) is 7.80. The Morgan fingerprint density at radius 1 is 1.08 bits per heavy atom. The third-order valence-electron chi connectivity index (χ3n) is 4.78. The zero-order valence-electron chi connectivity index (χ0n) is 14.7. The van der Waals surface area contributed by atoms with Gasteiger partial charge in [0.2, 0.25) is 0 Å². The molecule has 0 saturated carbocycles. The van der Waals surface area contributed by atoms with Crippen LogP contribution in [0, 0.1) is 5.92 Å². The first-order chi connectivity index (χ1) is 12.2. The van der Waals surface area contributed by atoms with Crippen LogP contribution < -0.4 is 14.2 Å². The summed E-state index contributed by atoms with van der Waals surface area (Å²) in [4.78, 5) is 0. The monoisotopic (exact) mass is 348 g/mol. The minimum atomic E-state index is -0.152. The lowest BCUT2D eigenvalue weighted by atomic mass is 9.80. The number of aliphatic hydroxyl groups excluding tert-OH is 1. The van der Waals surface area contributed by atoms with Gasteiger partial charge in [-0.25, -0.2) is 0 Å². The molecule has 0 aliphatic carbocycles. The molecule has 0 radical (unpaired) electrons. The van der Waals surface area contributed by atoms with Crippen molar-refractivity contribution in [3.63, 3.8) is 0 Å². The van der Waals surface area contributed by atoms with E-state index in [2.05, 4.69) is 0 Å². The first-order valence-electron chi connectivity index (χ1n) is 8.27. The van der Waals surface area contributed by atoms with Gasteiger partial charge in [-0.3, -0.25) is 0 Å². The molecule has 0 bridgehead atoms. The first kappa shape index (κ1) is 17.6. The van der Waals surface area contributed by atoms with Crippen molar-refractivity contribution in [3.05, 3.63) is 41.9 Å². The van der Waals surface area contributed by atoms with Crippen LogP contribution in [-0.4, -0.2) is 39.6 Å². The predicted molar refractivity (Wildman–Crippen MR) is 91.4 cm³/mol. The maximum absolute atomic E-state index is 9.83. The third kappa shape index (κ3) is 3.45. The van der Waals surface area contributed by atoms with Gasteiger partial charge >= 0.3 is 0 Å². The van der Waals surface area contributed by atoms with Crippen LogP contribution in [0.15, 0.2) is 34.9 Å². The molecule has 6 heteroatoms. The van der Waals surface area contributed by atoms with E-state index in [9.17, 15) is 5.11 Å². The van der Waals surface area contributed by atoms with E-state index >= 15 is 0 Å². The maximum atomic E-state index is 9.83. The highest BCUT2D eigenvalue weighted by Crippen LogP contribution is 2.46. The van der Waals surface area contributed by atoms with Gasteiger partial charge in [-0.2, -0.15) is 0 Å². The fourth-order valence-electron chi connectivity index (χ4n) is 3.42. The van der Waals surface area contributed by atoms with E-state index in [0.717, 1.165) is 11.3 Å². The third-order valence-corrected chi connectivity index (χ3v) is 4.78. The second-order valence-electron chi connectivity index (χ2n) is 6.07. The molecule has 1 aliphatic rings. The predicted octanol–water partition coefficient (Wildman–Crippen LogP) is 3.16. The molecule has 136 valence electrons. The molecular weight excluding hydrogens is 324 g/mol. The molecule has 0 unspecified atom stereocenters. The van der Waals surface area contributed by atoms with Crippen LogP contribution in [0.3, 0.4) is 0 Å². The lowest BCUT2D eigenvalue weighted by molar-refractivity contribution is -0.0529. The van der Waals surface area contributed by atoms with Crippen molar-refractivity contribution < 1.29 is 28.5 Å². The van der Waals surface area contributed by atoms with Gasteiger partial charge in [0, 0.05) is 24.2 Å². The molecule has 1 fully saturated rings. The molecule has 3 rings (SSSR count). The van der Waals surface area contributed by atoms with Crippen LogP contribution in [0.2, 0.25) is 0 Å². The van der Waals surface area contributed by atoms with E-state index in [-0.39, 0.29) is 24.5 Å². The summed E-state index contributed by atoms with van der Waals surface area (Å²) in [6, 6.07) is 7.51. The average molecular weight is 348 g/mol. The van der Waals surface area contributed by atoms with Gasteiger partial charge in [-0.05, 0) is 30.5 Å². The molecule has 0 spiro atoms. The summed E-state index contributed by atoms with van der Waals surface area (Å²) >= 11 is 0. The van der Waals surface area contributed by atoms with Crippen molar-refractivity contribution in [2.75, 3.05) is 34.5 Å². The van der Waals surface area contributed by atoms with Crippen molar-refractivity contribution in [1.82, 2.24) is 0 Å². The molecule has 25 heavy (non-hydrogen) atoms. The second-order valence-corrected chi connectivity index (χ2v) is 6.07. The number of methoxy groups -OCH3 is 3. The first-order valence-corrected chi connectivity index (χ1v) is 8.27. The lowest BCUT2D eigenvalue weighted by Gasteiger charge is -2.35. The van der Waals surface area contributed by atoms with Crippen LogP contribution in [0.5, 0.6) is 17.2 Å². The van der Waals surface area contributed by atoms with Crippen molar-refractivity contribution in [2.45, 2.75) is 18.4 Å². The molecule has 1 N–H and O–H groups in total. The fourth-order valence-corrected chi connectivity index (χ4v) is 3.42. The summed E-state index contributed by atoms with van der Waals surface area (Å²) in [5.41, 5.74) is 0.971. The highest BCUT2D eigenvalue weighted by atomic mass is 16.5. The van der Waals surface area contributed by atoms with Gasteiger partial charge in [0.15, 0.2) is 11.5 Å². The van der Waals surface area contributed by atoms with Crippen molar-refractivity contribution in [3.8, 4) is 17.2 Å². The van der Waals surface area contributed by atoms with E-state index < -0.39 is 0 Å². The molecule has 2 heterocycles. The fraction of sp³-hybridized carbons (Fsp3) is 0.474. The van der Waals surface area contributed by atoms with E-state index in [1.54, 1.807) is 27.6 Å². The lowest BCUT2D eigenvalue weighted by Crippen LogP contribution is -2.30. The Hall–Kier alpha value is -2.18. The standard InChI is InChI=1S/C19H24O6/c1-21-16-9-18(23-3)17(22-2)8-14(16)13-7-19(15-5-4-6-24-15)25-11-12(13)10-20/h4-6,8-9,12-13,19-20H,7,10-11H2,1-3H3/t12-,13-,19-/m1/s1. The van der Waals surface area contributed by atoms with Gasteiger partial charge in [-0.1, -0.05) is 0 Å². The number of hydrogen-bond acceptors (Lipinski definition) is 6. The Morgan fingerprint density at radius 2 is 1.80 bits per heavy atom. The number of ether oxygens (including phenoxy) is 4. The van der Waals surface area contributed by atoms with Crippen molar-refractivity contribution >= 4 is 0 Å². The van der Waals surface area contributed by atoms with Crippen molar-refractivity contribution in [2.24, 2.45) is 5.92 Å². The number of hydrogen-bond donors (Lipinski definition) is 1. The van der Waals surface area contributed by atoms with Crippen LogP contribution >= 0.6 is 0 Å². The zero-order chi connectivity index (χ0) is 17.8. The molecule has 1 aromatic heterocycles. The van der Waals surface area contributed by atoms with Gasteiger partial charge in [0.25, 0.3) is 0 Å². The number of aliphatic hydroxyl groups is 1. The summed E-state index contributed by atoms with van der Waals surface area (Å²) in [6.45, 7) is 0.483. The number of furan rings is 1.